The van der Waals surface area contributed by atoms with E-state index in [9.17, 15) is 0 Å². The number of aliphatic hydroxyl groups is 3. The van der Waals surface area contributed by atoms with Crippen molar-refractivity contribution in [3.63, 3.8) is 0 Å². The summed E-state index contributed by atoms with van der Waals surface area (Å²) in [4.78, 5) is 0. The quantitative estimate of drug-likeness (QED) is 0.212. The molecule has 0 unspecified atom stereocenters. The summed E-state index contributed by atoms with van der Waals surface area (Å²) >= 11 is 0. The fourth-order valence-electron chi connectivity index (χ4n) is 0. The second-order valence-electron chi connectivity index (χ2n) is 0.300. The predicted octanol–water partition coefficient (Wildman–Crippen LogP) is -3.45. The zero-order valence-electron chi connectivity index (χ0n) is 2.84. The van der Waals surface area contributed by atoms with Crippen LogP contribution in [0, 0.1) is 6.48 Å². The molecule has 0 fully saturated rings. The molecule has 0 atom stereocenters. The normalized spacial score (nSPS) is 7.20. The Morgan fingerprint density at radius 2 is 1.00 bits per heavy atom. The van der Waals surface area contributed by atoms with Crippen molar-refractivity contribution in [3.05, 3.63) is 6.48 Å². The Kier molecular flexibility index (Phi) is 9.08. The predicted molar refractivity (Wildman–Crippen MR) is 9.05 cm³/mol. The molecule has 0 radical (unpaired) electrons. The first-order chi connectivity index (χ1) is 1.73. The molecule has 0 spiro atoms. The van der Waals surface area contributed by atoms with E-state index < -0.39 is 6.48 Å². The summed E-state index contributed by atoms with van der Waals surface area (Å²) in [5.41, 5.74) is 0. The number of hydrogen-bond acceptors (Lipinski definition) is 3. The Morgan fingerprint density at radius 1 is 1.00 bits per heavy atom. The zero-order valence-corrected chi connectivity index (χ0v) is 4.84. The van der Waals surface area contributed by atoms with E-state index in [4.69, 9.17) is 15.3 Å². The van der Waals surface area contributed by atoms with E-state index in [2.05, 4.69) is 0 Å². The van der Waals surface area contributed by atoms with Crippen LogP contribution < -0.4 is 29.6 Å². The van der Waals surface area contributed by atoms with Crippen LogP contribution in [0.15, 0.2) is 0 Å². The number of hydrogen-bond donors (Lipinski definition) is 3. The summed E-state index contributed by atoms with van der Waals surface area (Å²) in [6.45, 7) is -1.58. The van der Waals surface area contributed by atoms with Gasteiger partial charge in [-0.2, -0.15) is 0 Å². The minimum absolute atomic E-state index is 0. The van der Waals surface area contributed by atoms with E-state index in [-0.39, 0.29) is 29.6 Å². The Hall–Kier alpha value is 0.880. The minimum Gasteiger partial charge on any atom is -0.511 e. The Balaban J connectivity index is 0. The van der Waals surface area contributed by atoms with Crippen LogP contribution in [0.4, 0.5) is 0 Å². The summed E-state index contributed by atoms with van der Waals surface area (Å²) in [6.07, 6.45) is 0. The Bertz CT molecular complexity index is 11.6. The molecule has 0 saturated carbocycles. The third-order valence-electron chi connectivity index (χ3n) is 0. The van der Waals surface area contributed by atoms with Gasteiger partial charge in [-0.05, 0) is 0 Å². The van der Waals surface area contributed by atoms with Crippen LogP contribution in [0.3, 0.4) is 0 Å². The largest absolute Gasteiger partial charge is 1.00 e. The summed E-state index contributed by atoms with van der Waals surface area (Å²) in [6, 6.07) is 0. The molecular formula is CH3NaO3. The summed E-state index contributed by atoms with van der Waals surface area (Å²) in [5.74, 6) is 0. The molecule has 0 aliphatic carbocycles. The topological polar surface area (TPSA) is 60.7 Å². The van der Waals surface area contributed by atoms with Crippen LogP contribution in [0.1, 0.15) is 0 Å². The smallest absolute Gasteiger partial charge is 0.511 e. The standard InChI is InChI=1S/CH3O3.Na/c2-1(3)4;/h2-4H;/q-1;+1. The van der Waals surface area contributed by atoms with Gasteiger partial charge < -0.3 is 15.3 Å². The second-order valence-corrected chi connectivity index (χ2v) is 0.300. The maximum absolute atomic E-state index is 7.08. The molecule has 0 aliphatic heterocycles. The third-order valence-corrected chi connectivity index (χ3v) is 0. The number of aliphatic hydroxyl groups excluding tert-OH is 1. The van der Waals surface area contributed by atoms with Crippen LogP contribution in [0.25, 0.3) is 0 Å². The van der Waals surface area contributed by atoms with Gasteiger partial charge in [0.25, 0.3) is 0 Å². The van der Waals surface area contributed by atoms with E-state index in [1.165, 1.54) is 0 Å². The molecule has 0 saturated heterocycles. The van der Waals surface area contributed by atoms with Gasteiger partial charge in [-0.15, -0.1) is 0 Å². The van der Waals surface area contributed by atoms with E-state index in [0.29, 0.717) is 0 Å². The van der Waals surface area contributed by atoms with Crippen LogP contribution >= 0.6 is 0 Å². The summed E-state index contributed by atoms with van der Waals surface area (Å²) in [5, 5.41) is 21.2. The maximum Gasteiger partial charge on any atom is 1.00 e. The molecule has 0 aromatic carbocycles. The van der Waals surface area contributed by atoms with Gasteiger partial charge >= 0.3 is 29.6 Å². The minimum atomic E-state index is -1.58. The molecule has 3 nitrogen and oxygen atoms in total. The van der Waals surface area contributed by atoms with Crippen molar-refractivity contribution >= 4 is 0 Å². The molecule has 4 heteroatoms. The fourth-order valence-corrected chi connectivity index (χ4v) is 0. The molecule has 0 aromatic heterocycles. The van der Waals surface area contributed by atoms with Crippen LogP contribution in [-0.4, -0.2) is 15.3 Å². The van der Waals surface area contributed by atoms with Crippen LogP contribution in [0.2, 0.25) is 0 Å². The molecule has 0 amide bonds. The second kappa shape index (κ2) is 4.88. The van der Waals surface area contributed by atoms with Gasteiger partial charge in [0.15, 0.2) is 0 Å². The van der Waals surface area contributed by atoms with Crippen LogP contribution in [-0.2, 0) is 0 Å². The molecule has 0 rings (SSSR count). The van der Waals surface area contributed by atoms with Gasteiger partial charge in [0.1, 0.15) is 0 Å². The monoisotopic (exact) mass is 86.0 g/mol. The maximum atomic E-state index is 7.08. The first-order valence-electron chi connectivity index (χ1n) is 0.671. The molecule has 26 valence electrons. The fraction of sp³-hybridized carbons (Fsp3) is 0. The van der Waals surface area contributed by atoms with Gasteiger partial charge in [-0.25, -0.2) is 0 Å². The average molecular weight is 86.0 g/mol. The third kappa shape index (κ3) is 52.3. The SMILES string of the molecule is O[C-](O)O.[Na+]. The first-order valence-corrected chi connectivity index (χ1v) is 0.671. The van der Waals surface area contributed by atoms with Gasteiger partial charge in [0.05, 0.1) is 0 Å². The van der Waals surface area contributed by atoms with E-state index >= 15 is 0 Å². The summed E-state index contributed by atoms with van der Waals surface area (Å²) < 4.78 is 0. The van der Waals surface area contributed by atoms with E-state index in [1.54, 1.807) is 0 Å². The van der Waals surface area contributed by atoms with Crippen molar-refractivity contribution in [1.82, 2.24) is 0 Å². The summed E-state index contributed by atoms with van der Waals surface area (Å²) in [7, 11) is 0. The van der Waals surface area contributed by atoms with Crippen LogP contribution in [0.5, 0.6) is 0 Å². The van der Waals surface area contributed by atoms with Crippen molar-refractivity contribution in [2.24, 2.45) is 0 Å². The molecule has 0 aliphatic rings. The Labute approximate surface area is 51.5 Å². The van der Waals surface area contributed by atoms with Crippen molar-refractivity contribution in [2.45, 2.75) is 0 Å². The van der Waals surface area contributed by atoms with Gasteiger partial charge in [-0.3, -0.25) is 0 Å². The van der Waals surface area contributed by atoms with E-state index in [1.807, 2.05) is 0 Å². The van der Waals surface area contributed by atoms with Crippen molar-refractivity contribution < 1.29 is 44.9 Å². The molecule has 3 N–H and O–H groups in total. The van der Waals surface area contributed by atoms with Gasteiger partial charge in [0.2, 0.25) is 0 Å². The molecular weight excluding hydrogens is 83.0 g/mol. The molecule has 5 heavy (non-hydrogen) atoms. The average Bonchev–Trinajstić information content (AvgIpc) is 0.811. The van der Waals surface area contributed by atoms with Crippen molar-refractivity contribution in [3.8, 4) is 0 Å². The van der Waals surface area contributed by atoms with Gasteiger partial charge in [-0.1, -0.05) is 0 Å². The van der Waals surface area contributed by atoms with E-state index in [0.717, 1.165) is 0 Å². The molecule has 0 aromatic rings. The van der Waals surface area contributed by atoms with Crippen molar-refractivity contribution in [2.75, 3.05) is 0 Å². The van der Waals surface area contributed by atoms with Gasteiger partial charge in [0, 0.05) is 6.48 Å². The van der Waals surface area contributed by atoms with Crippen molar-refractivity contribution in [1.29, 1.82) is 0 Å². The zero-order chi connectivity index (χ0) is 3.58. The Morgan fingerprint density at radius 3 is 1.00 bits per heavy atom. The molecule has 0 bridgehead atoms. The number of rotatable bonds is 0. The molecule has 0 heterocycles. The first kappa shape index (κ1) is 9.30.